The second-order valence-corrected chi connectivity index (χ2v) is 9.50. The first kappa shape index (κ1) is 17.1. The van der Waals surface area contributed by atoms with Crippen molar-refractivity contribution >= 4 is 16.9 Å². The number of hydrogen-bond acceptors (Lipinski definition) is 3. The Morgan fingerprint density at radius 3 is 3.00 bits per heavy atom. The van der Waals surface area contributed by atoms with E-state index in [4.69, 9.17) is 0 Å². The van der Waals surface area contributed by atoms with Crippen molar-refractivity contribution in [2.24, 2.45) is 11.3 Å². The molecule has 2 fully saturated rings. The van der Waals surface area contributed by atoms with Gasteiger partial charge >= 0.3 is 0 Å². The zero-order valence-electron chi connectivity index (χ0n) is 16.8. The zero-order valence-corrected chi connectivity index (χ0v) is 16.8. The number of fused-ring (bicyclic) bond motifs is 3. The Morgan fingerprint density at radius 1 is 1.31 bits per heavy atom. The Labute approximate surface area is 169 Å². The van der Waals surface area contributed by atoms with Crippen LogP contribution < -0.4 is 0 Å². The van der Waals surface area contributed by atoms with Crippen LogP contribution >= 0.6 is 0 Å². The maximum atomic E-state index is 13.6. The molecular formula is C24H25N3O2. The van der Waals surface area contributed by atoms with Crippen molar-refractivity contribution in [3.8, 4) is 5.75 Å². The highest BCUT2D eigenvalue weighted by Crippen LogP contribution is 2.70. The van der Waals surface area contributed by atoms with Crippen molar-refractivity contribution in [1.82, 2.24) is 14.9 Å². The first-order chi connectivity index (χ1) is 13.9. The number of carbonyl (C=O) groups excluding carboxylic acids is 1. The number of phenols is 1. The number of nitrogens with zero attached hydrogens (tertiary/aromatic N) is 2. The number of aromatic amines is 1. The average Bonchev–Trinajstić information content (AvgIpc) is 3.27. The Morgan fingerprint density at radius 2 is 2.17 bits per heavy atom. The summed E-state index contributed by atoms with van der Waals surface area (Å²) >= 11 is 0. The van der Waals surface area contributed by atoms with E-state index in [1.807, 2.05) is 24.3 Å². The minimum absolute atomic E-state index is 0.0775. The summed E-state index contributed by atoms with van der Waals surface area (Å²) in [6.45, 7) is 5.41. The highest BCUT2D eigenvalue weighted by Gasteiger charge is 2.70. The molecule has 1 amide bonds. The lowest BCUT2D eigenvalue weighted by molar-refractivity contribution is -0.0433. The summed E-state index contributed by atoms with van der Waals surface area (Å²) in [4.78, 5) is 23.1. The van der Waals surface area contributed by atoms with Crippen LogP contribution in [0.3, 0.4) is 0 Å². The monoisotopic (exact) mass is 387 g/mol. The van der Waals surface area contributed by atoms with Gasteiger partial charge in [-0.3, -0.25) is 4.79 Å². The van der Waals surface area contributed by atoms with Crippen LogP contribution in [0.25, 0.3) is 11.0 Å². The number of benzene rings is 2. The number of hydrogen-bond donors (Lipinski definition) is 2. The third kappa shape index (κ3) is 2.05. The van der Waals surface area contributed by atoms with E-state index in [0.717, 1.165) is 42.4 Å². The van der Waals surface area contributed by atoms with Gasteiger partial charge in [0.1, 0.15) is 5.75 Å². The topological polar surface area (TPSA) is 69.2 Å². The van der Waals surface area contributed by atoms with Crippen LogP contribution in [0.2, 0.25) is 0 Å². The second kappa shape index (κ2) is 5.41. The normalized spacial score (nSPS) is 32.0. The number of aromatic hydroxyl groups is 1. The molecule has 148 valence electrons. The van der Waals surface area contributed by atoms with E-state index in [9.17, 15) is 9.90 Å². The molecule has 0 bridgehead atoms. The van der Waals surface area contributed by atoms with Crippen molar-refractivity contribution in [2.45, 2.75) is 44.6 Å². The summed E-state index contributed by atoms with van der Waals surface area (Å²) in [6, 6.07) is 11.8. The van der Waals surface area contributed by atoms with Crippen molar-refractivity contribution in [2.75, 3.05) is 6.54 Å². The third-order valence-corrected chi connectivity index (χ3v) is 8.00. The van der Waals surface area contributed by atoms with Gasteiger partial charge in [0.2, 0.25) is 0 Å². The van der Waals surface area contributed by atoms with Crippen molar-refractivity contribution in [3.05, 3.63) is 59.4 Å². The molecular weight excluding hydrogens is 362 g/mol. The second-order valence-electron chi connectivity index (χ2n) is 9.50. The molecule has 0 radical (unpaired) electrons. The van der Waals surface area contributed by atoms with Gasteiger partial charge in [0.05, 0.1) is 17.4 Å². The first-order valence-electron chi connectivity index (χ1n) is 10.5. The van der Waals surface area contributed by atoms with Crippen LogP contribution in [0.4, 0.5) is 0 Å². The predicted molar refractivity (Wildman–Crippen MR) is 111 cm³/mol. The number of aromatic nitrogens is 2. The van der Waals surface area contributed by atoms with Crippen LogP contribution in [0, 0.1) is 11.3 Å². The van der Waals surface area contributed by atoms with Crippen LogP contribution in [0.5, 0.6) is 5.75 Å². The fourth-order valence-electron chi connectivity index (χ4n) is 7.06. The molecule has 2 aromatic carbocycles. The molecule has 2 aliphatic carbocycles. The predicted octanol–water partition coefficient (Wildman–Crippen LogP) is 4.02. The molecule has 0 spiro atoms. The summed E-state index contributed by atoms with van der Waals surface area (Å²) in [7, 11) is 0. The molecule has 1 saturated carbocycles. The lowest BCUT2D eigenvalue weighted by Gasteiger charge is -2.62. The van der Waals surface area contributed by atoms with Crippen molar-refractivity contribution < 1.29 is 9.90 Å². The smallest absolute Gasteiger partial charge is 0.254 e. The molecule has 1 aromatic heterocycles. The highest BCUT2D eigenvalue weighted by atomic mass is 16.3. The van der Waals surface area contributed by atoms with Gasteiger partial charge in [-0.05, 0) is 72.1 Å². The Balaban J connectivity index is 1.43. The number of amides is 1. The maximum Gasteiger partial charge on any atom is 0.254 e. The van der Waals surface area contributed by atoms with Crippen LogP contribution in [0.1, 0.15) is 48.2 Å². The number of carbonyl (C=O) groups is 1. The van der Waals surface area contributed by atoms with E-state index < -0.39 is 0 Å². The number of phenolic OH excluding ortho intramolecular Hbond substituents is 1. The van der Waals surface area contributed by atoms with Gasteiger partial charge in [0, 0.05) is 23.6 Å². The summed E-state index contributed by atoms with van der Waals surface area (Å²) in [5, 5.41) is 10.1. The Kier molecular flexibility index (Phi) is 3.18. The molecule has 5 heteroatoms. The van der Waals surface area contributed by atoms with E-state index in [2.05, 4.69) is 34.8 Å². The Hall–Kier alpha value is -2.82. The first-order valence-corrected chi connectivity index (χ1v) is 10.5. The minimum Gasteiger partial charge on any atom is -0.508 e. The highest BCUT2D eigenvalue weighted by molar-refractivity contribution is 5.98. The molecule has 1 unspecified atom stereocenters. The molecule has 3 aromatic rings. The summed E-state index contributed by atoms with van der Waals surface area (Å²) in [5.74, 6) is 0.922. The maximum absolute atomic E-state index is 13.6. The molecule has 29 heavy (non-hydrogen) atoms. The Bertz CT molecular complexity index is 1170. The fourth-order valence-corrected chi connectivity index (χ4v) is 7.06. The summed E-state index contributed by atoms with van der Waals surface area (Å²) in [5.41, 5.74) is 5.34. The quantitative estimate of drug-likeness (QED) is 0.698. The van der Waals surface area contributed by atoms with Gasteiger partial charge in [-0.25, -0.2) is 4.98 Å². The molecule has 2 N–H and O–H groups in total. The number of rotatable bonds is 2. The lowest BCUT2D eigenvalue weighted by atomic mass is 9.40. The van der Waals surface area contributed by atoms with Gasteiger partial charge in [0.25, 0.3) is 5.91 Å². The number of likely N-dealkylation sites (tertiary alicyclic amines) is 1. The fraction of sp³-hybridized carbons (Fsp3) is 0.417. The standard InChI is InChI=1S/C24H25N3O2/c1-3-24-11-23(2)12-27(22(29)15-5-7-18-19(8-15)26-13-25-18)20(21(23)24)9-14-4-6-16(28)10-17(14)24/h4-8,10,13,20-21,28H,3,9,11-12H2,1-2H3,(H,25,26)/t20-,21-,23?,24+/m1/s1. The SMILES string of the molecule is CC[C@]12CC3(C)CN(C(=O)c4ccc5nc[nH]c5c4)[C@H](Cc4ccc(O)cc41)[C@H]32. The minimum atomic E-state index is 0.0775. The van der Waals surface area contributed by atoms with E-state index in [1.54, 1.807) is 12.4 Å². The lowest BCUT2D eigenvalue weighted by Crippen LogP contribution is -2.62. The molecule has 2 heterocycles. The largest absolute Gasteiger partial charge is 0.508 e. The van der Waals surface area contributed by atoms with Crippen LogP contribution in [-0.2, 0) is 11.8 Å². The summed E-state index contributed by atoms with van der Waals surface area (Å²) in [6.07, 6.45) is 4.66. The number of H-pyrrole nitrogens is 1. The van der Waals surface area contributed by atoms with E-state index in [0.29, 0.717) is 11.7 Å². The summed E-state index contributed by atoms with van der Waals surface area (Å²) < 4.78 is 0. The van der Waals surface area contributed by atoms with Crippen molar-refractivity contribution in [1.29, 1.82) is 0 Å². The van der Waals surface area contributed by atoms with E-state index in [1.165, 1.54) is 11.1 Å². The van der Waals surface area contributed by atoms with Crippen molar-refractivity contribution in [3.63, 3.8) is 0 Å². The average molecular weight is 387 g/mol. The molecule has 1 aliphatic heterocycles. The van der Waals surface area contributed by atoms with Gasteiger partial charge in [-0.15, -0.1) is 0 Å². The molecule has 5 nitrogen and oxygen atoms in total. The van der Waals surface area contributed by atoms with Gasteiger partial charge in [-0.2, -0.15) is 0 Å². The number of imidazole rings is 1. The van der Waals surface area contributed by atoms with Crippen LogP contribution in [-0.4, -0.2) is 38.5 Å². The molecule has 3 aliphatic rings. The van der Waals surface area contributed by atoms with E-state index in [-0.39, 0.29) is 22.8 Å². The molecule has 1 saturated heterocycles. The molecule has 4 atom stereocenters. The van der Waals surface area contributed by atoms with Crippen LogP contribution in [0.15, 0.2) is 42.7 Å². The third-order valence-electron chi connectivity index (χ3n) is 8.00. The molecule has 6 rings (SSSR count). The van der Waals surface area contributed by atoms with E-state index >= 15 is 0 Å². The van der Waals surface area contributed by atoms with Gasteiger partial charge in [-0.1, -0.05) is 19.9 Å². The zero-order chi connectivity index (χ0) is 20.0. The van der Waals surface area contributed by atoms with Gasteiger partial charge in [0.15, 0.2) is 0 Å². The number of nitrogens with one attached hydrogen (secondary N) is 1. The van der Waals surface area contributed by atoms with Gasteiger partial charge < -0.3 is 15.0 Å².